The molecular formula is C30H54N6O6. The van der Waals surface area contributed by atoms with Crippen LogP contribution >= 0.6 is 0 Å². The summed E-state index contributed by atoms with van der Waals surface area (Å²) >= 11 is 0. The SMILES string of the molecule is CC(=O)N(C)[C@@H](C)C(=O)N[C@@H](CCC(C)C)C(=O)N[C@H](C(=O)N(C)[C@@H](C)C(=O)N[C@@H](C)C(=O)N1CCCCC1)C(C)C. The fourth-order valence-corrected chi connectivity index (χ4v) is 4.65. The molecule has 12 nitrogen and oxygen atoms in total. The van der Waals surface area contributed by atoms with Crippen molar-refractivity contribution in [2.75, 3.05) is 27.2 Å². The van der Waals surface area contributed by atoms with Gasteiger partial charge in [-0.05, 0) is 64.7 Å². The van der Waals surface area contributed by atoms with E-state index in [2.05, 4.69) is 16.0 Å². The van der Waals surface area contributed by atoms with Crippen LogP contribution in [0.15, 0.2) is 0 Å². The zero-order chi connectivity index (χ0) is 32.3. The lowest BCUT2D eigenvalue weighted by Gasteiger charge is -2.33. The summed E-state index contributed by atoms with van der Waals surface area (Å²) in [4.78, 5) is 81.7. The van der Waals surface area contributed by atoms with Gasteiger partial charge in [-0.2, -0.15) is 0 Å². The highest BCUT2D eigenvalue weighted by Gasteiger charge is 2.35. The highest BCUT2D eigenvalue weighted by molar-refractivity contribution is 5.96. The van der Waals surface area contributed by atoms with E-state index in [9.17, 15) is 28.8 Å². The van der Waals surface area contributed by atoms with E-state index in [1.165, 1.54) is 30.8 Å². The first-order chi connectivity index (χ1) is 19.5. The van der Waals surface area contributed by atoms with Crippen LogP contribution in [0.1, 0.15) is 87.5 Å². The Bertz CT molecular complexity index is 964. The lowest BCUT2D eigenvalue weighted by atomic mass is 9.99. The number of carbonyl (C=O) groups is 6. The lowest BCUT2D eigenvalue weighted by molar-refractivity contribution is -0.144. The van der Waals surface area contributed by atoms with E-state index in [-0.39, 0.29) is 23.7 Å². The van der Waals surface area contributed by atoms with Gasteiger partial charge in [-0.3, -0.25) is 28.8 Å². The predicted octanol–water partition coefficient (Wildman–Crippen LogP) is 1.28. The maximum absolute atomic E-state index is 13.5. The van der Waals surface area contributed by atoms with E-state index >= 15 is 0 Å². The van der Waals surface area contributed by atoms with Gasteiger partial charge in [0, 0.05) is 34.1 Å². The van der Waals surface area contributed by atoms with E-state index in [1.54, 1.807) is 39.5 Å². The van der Waals surface area contributed by atoms with Crippen LogP contribution in [0.3, 0.4) is 0 Å². The molecule has 0 saturated carbocycles. The van der Waals surface area contributed by atoms with Crippen molar-refractivity contribution in [2.45, 2.75) is 118 Å². The summed E-state index contributed by atoms with van der Waals surface area (Å²) in [5.74, 6) is -2.39. The summed E-state index contributed by atoms with van der Waals surface area (Å²) in [5.41, 5.74) is 0. The fraction of sp³-hybridized carbons (Fsp3) is 0.800. The van der Waals surface area contributed by atoms with Gasteiger partial charge in [0.1, 0.15) is 30.2 Å². The van der Waals surface area contributed by atoms with E-state index in [0.29, 0.717) is 25.9 Å². The van der Waals surface area contributed by atoms with Gasteiger partial charge in [0.15, 0.2) is 0 Å². The van der Waals surface area contributed by atoms with E-state index in [0.717, 1.165) is 19.3 Å². The molecule has 6 amide bonds. The molecule has 3 N–H and O–H groups in total. The van der Waals surface area contributed by atoms with Gasteiger partial charge in [-0.25, -0.2) is 0 Å². The molecule has 1 aliphatic heterocycles. The largest absolute Gasteiger partial charge is 0.343 e. The lowest BCUT2D eigenvalue weighted by Crippen LogP contribution is -2.59. The number of likely N-dealkylation sites (N-methyl/N-ethyl adjacent to an activating group) is 2. The summed E-state index contributed by atoms with van der Waals surface area (Å²) in [5, 5.41) is 8.27. The van der Waals surface area contributed by atoms with Crippen molar-refractivity contribution in [2.24, 2.45) is 11.8 Å². The molecule has 1 rings (SSSR count). The molecule has 240 valence electrons. The summed E-state index contributed by atoms with van der Waals surface area (Å²) in [6.07, 6.45) is 3.98. The number of amides is 6. The van der Waals surface area contributed by atoms with Gasteiger partial charge in [-0.1, -0.05) is 27.7 Å². The Morgan fingerprint density at radius 2 is 1.21 bits per heavy atom. The molecule has 0 aliphatic carbocycles. The molecule has 0 spiro atoms. The van der Waals surface area contributed by atoms with Crippen molar-refractivity contribution in [1.82, 2.24) is 30.7 Å². The van der Waals surface area contributed by atoms with E-state index < -0.39 is 53.8 Å². The molecule has 0 aromatic carbocycles. The van der Waals surface area contributed by atoms with Crippen LogP contribution < -0.4 is 16.0 Å². The third-order valence-corrected chi connectivity index (χ3v) is 8.06. The molecule has 0 aromatic heterocycles. The number of hydrogen-bond acceptors (Lipinski definition) is 6. The average Bonchev–Trinajstić information content (AvgIpc) is 2.95. The quantitative estimate of drug-likeness (QED) is 0.276. The number of rotatable bonds is 14. The highest BCUT2D eigenvalue weighted by atomic mass is 16.2. The van der Waals surface area contributed by atoms with Gasteiger partial charge in [0.25, 0.3) is 0 Å². The van der Waals surface area contributed by atoms with Crippen molar-refractivity contribution >= 4 is 35.4 Å². The summed E-state index contributed by atoms with van der Waals surface area (Å²) in [6.45, 7) is 15.1. The number of hydrogen-bond donors (Lipinski definition) is 3. The standard InChI is InChI=1S/C30H54N6O6/c1-18(2)14-15-24(32-27(39)21(6)34(9)23(8)37)28(40)33-25(19(3)4)30(42)35(10)22(7)26(38)31-20(5)29(41)36-16-12-11-13-17-36/h18-22,24-25H,11-17H2,1-10H3,(H,31,38)(H,32,39)(H,33,40)/t20-,21-,22-,24-,25-/m0/s1. The zero-order valence-electron chi connectivity index (χ0n) is 27.3. The molecule has 1 aliphatic rings. The Kier molecular flexibility index (Phi) is 15.0. The van der Waals surface area contributed by atoms with E-state index in [1.807, 2.05) is 13.8 Å². The van der Waals surface area contributed by atoms with Gasteiger partial charge in [0.2, 0.25) is 35.4 Å². The van der Waals surface area contributed by atoms with Crippen molar-refractivity contribution in [3.8, 4) is 0 Å². The van der Waals surface area contributed by atoms with Gasteiger partial charge >= 0.3 is 0 Å². The Morgan fingerprint density at radius 1 is 0.690 bits per heavy atom. The van der Waals surface area contributed by atoms with Crippen molar-refractivity contribution in [1.29, 1.82) is 0 Å². The number of nitrogens with one attached hydrogen (secondary N) is 3. The smallest absolute Gasteiger partial charge is 0.245 e. The number of carbonyl (C=O) groups excluding carboxylic acids is 6. The van der Waals surface area contributed by atoms with Crippen LogP contribution in [0.5, 0.6) is 0 Å². The minimum Gasteiger partial charge on any atom is -0.343 e. The monoisotopic (exact) mass is 594 g/mol. The molecule has 0 bridgehead atoms. The van der Waals surface area contributed by atoms with Crippen LogP contribution in [-0.2, 0) is 28.8 Å². The normalized spacial score (nSPS) is 17.0. The first kappa shape index (κ1) is 36.8. The second-order valence-electron chi connectivity index (χ2n) is 12.3. The first-order valence-corrected chi connectivity index (χ1v) is 15.2. The van der Waals surface area contributed by atoms with Crippen LogP contribution in [-0.4, -0.2) is 108 Å². The Labute approximate surface area is 251 Å². The van der Waals surface area contributed by atoms with Crippen molar-refractivity contribution in [3.63, 3.8) is 0 Å². The van der Waals surface area contributed by atoms with Gasteiger partial charge in [-0.15, -0.1) is 0 Å². The molecule has 12 heteroatoms. The molecule has 5 atom stereocenters. The van der Waals surface area contributed by atoms with Gasteiger partial charge in [0.05, 0.1) is 0 Å². The molecule has 42 heavy (non-hydrogen) atoms. The topological polar surface area (TPSA) is 148 Å². The summed E-state index contributed by atoms with van der Waals surface area (Å²) in [6, 6.07) is -4.27. The molecule has 0 unspecified atom stereocenters. The second kappa shape index (κ2) is 17.1. The molecule has 1 heterocycles. The molecule has 1 saturated heterocycles. The highest BCUT2D eigenvalue weighted by Crippen LogP contribution is 2.13. The van der Waals surface area contributed by atoms with Gasteiger partial charge < -0.3 is 30.7 Å². The fourth-order valence-electron chi connectivity index (χ4n) is 4.65. The molecule has 1 fully saturated rings. The third kappa shape index (κ3) is 10.9. The summed E-state index contributed by atoms with van der Waals surface area (Å²) in [7, 11) is 3.00. The number of likely N-dealkylation sites (tertiary alicyclic amines) is 1. The van der Waals surface area contributed by atoms with Crippen molar-refractivity contribution < 1.29 is 28.8 Å². The predicted molar refractivity (Wildman–Crippen MR) is 161 cm³/mol. The second-order valence-corrected chi connectivity index (χ2v) is 12.3. The average molecular weight is 595 g/mol. The molecular weight excluding hydrogens is 540 g/mol. The minimum absolute atomic E-state index is 0.144. The van der Waals surface area contributed by atoms with E-state index in [4.69, 9.17) is 0 Å². The zero-order valence-corrected chi connectivity index (χ0v) is 27.3. The Morgan fingerprint density at radius 3 is 1.71 bits per heavy atom. The number of nitrogens with zero attached hydrogens (tertiary/aromatic N) is 3. The van der Waals surface area contributed by atoms with Crippen molar-refractivity contribution in [3.05, 3.63) is 0 Å². The minimum atomic E-state index is -0.957. The summed E-state index contributed by atoms with van der Waals surface area (Å²) < 4.78 is 0. The maximum Gasteiger partial charge on any atom is 0.245 e. The first-order valence-electron chi connectivity index (χ1n) is 15.2. The van der Waals surface area contributed by atoms with Crippen LogP contribution in [0.4, 0.5) is 0 Å². The van der Waals surface area contributed by atoms with Crippen LogP contribution in [0, 0.1) is 11.8 Å². The third-order valence-electron chi connectivity index (χ3n) is 8.06. The Hall–Kier alpha value is -3.18. The van der Waals surface area contributed by atoms with Crippen LogP contribution in [0.2, 0.25) is 0 Å². The molecule has 0 radical (unpaired) electrons. The Balaban J connectivity index is 2.96. The molecule has 0 aromatic rings. The number of piperidine rings is 1. The maximum atomic E-state index is 13.5. The van der Waals surface area contributed by atoms with Crippen LogP contribution in [0.25, 0.3) is 0 Å².